The number of methoxy groups -OCH3 is 1. The molecule has 0 radical (unpaired) electrons. The minimum absolute atomic E-state index is 0.152. The second-order valence-electron chi connectivity index (χ2n) is 5.72. The van der Waals surface area contributed by atoms with E-state index >= 15 is 0 Å². The highest BCUT2D eigenvalue weighted by atomic mass is 32.1. The number of rotatable bonds is 3. The third-order valence-corrected chi connectivity index (χ3v) is 5.51. The smallest absolute Gasteiger partial charge is 0.268 e. The Morgan fingerprint density at radius 3 is 2.75 bits per heavy atom. The number of hydrogen-bond acceptors (Lipinski definition) is 4. The fourth-order valence-electron chi connectivity index (χ4n) is 3.61. The summed E-state index contributed by atoms with van der Waals surface area (Å²) in [6.45, 7) is 2.04. The summed E-state index contributed by atoms with van der Waals surface area (Å²) in [7, 11) is 3.81. The van der Waals surface area contributed by atoms with Crippen molar-refractivity contribution in [2.45, 2.75) is 37.8 Å². The largest absolute Gasteiger partial charge is 0.495 e. The number of thiophene rings is 1. The van der Waals surface area contributed by atoms with Gasteiger partial charge in [-0.05, 0) is 50.7 Å². The molecule has 1 aromatic heterocycles. The average Bonchev–Trinajstić information content (AvgIpc) is 3.17. The van der Waals surface area contributed by atoms with E-state index in [1.54, 1.807) is 7.11 Å². The van der Waals surface area contributed by atoms with Gasteiger partial charge in [-0.25, -0.2) is 0 Å². The molecule has 0 bridgehead atoms. The minimum atomic E-state index is 0.152. The monoisotopic (exact) mass is 294 g/mol. The Labute approximate surface area is 124 Å². The van der Waals surface area contributed by atoms with Crippen LogP contribution in [-0.2, 0) is 0 Å². The second kappa shape index (κ2) is 5.74. The van der Waals surface area contributed by atoms with E-state index in [-0.39, 0.29) is 5.91 Å². The Morgan fingerprint density at radius 1 is 1.30 bits per heavy atom. The molecule has 5 heteroatoms. The van der Waals surface area contributed by atoms with Crippen LogP contribution in [0.4, 0.5) is 0 Å². The normalized spacial score (nSPS) is 27.2. The quantitative estimate of drug-likeness (QED) is 0.858. The number of ether oxygens (including phenoxy) is 1. The van der Waals surface area contributed by atoms with Gasteiger partial charge >= 0.3 is 0 Å². The maximum absolute atomic E-state index is 12.8. The molecule has 2 saturated heterocycles. The molecular formula is C15H22N2O2S. The molecule has 0 aromatic carbocycles. The molecular weight excluding hydrogens is 272 g/mol. The van der Waals surface area contributed by atoms with Gasteiger partial charge in [0, 0.05) is 18.6 Å². The van der Waals surface area contributed by atoms with E-state index in [0.29, 0.717) is 17.8 Å². The molecule has 0 aliphatic carbocycles. The number of nitrogens with zero attached hydrogens (tertiary/aromatic N) is 2. The van der Waals surface area contributed by atoms with Crippen LogP contribution < -0.4 is 4.74 Å². The fraction of sp³-hybridized carbons (Fsp3) is 0.667. The third kappa shape index (κ3) is 2.33. The van der Waals surface area contributed by atoms with Gasteiger partial charge < -0.3 is 14.5 Å². The molecule has 2 aliphatic rings. The van der Waals surface area contributed by atoms with Crippen molar-refractivity contribution in [3.8, 4) is 5.75 Å². The Bertz CT molecular complexity index is 488. The van der Waals surface area contributed by atoms with Crippen molar-refractivity contribution >= 4 is 17.2 Å². The van der Waals surface area contributed by atoms with Gasteiger partial charge in [-0.1, -0.05) is 0 Å². The van der Waals surface area contributed by atoms with E-state index in [9.17, 15) is 4.79 Å². The van der Waals surface area contributed by atoms with Crippen LogP contribution >= 0.6 is 11.3 Å². The first kappa shape index (κ1) is 13.9. The summed E-state index contributed by atoms with van der Waals surface area (Å²) in [5.74, 6) is 0.866. The summed E-state index contributed by atoms with van der Waals surface area (Å²) in [5.41, 5.74) is 0. The molecule has 0 unspecified atom stereocenters. The van der Waals surface area contributed by atoms with E-state index < -0.39 is 0 Å². The molecule has 3 heterocycles. The third-order valence-electron chi connectivity index (χ3n) is 4.62. The van der Waals surface area contributed by atoms with Crippen LogP contribution in [-0.4, -0.2) is 55.0 Å². The van der Waals surface area contributed by atoms with Crippen molar-refractivity contribution in [1.82, 2.24) is 9.80 Å². The topological polar surface area (TPSA) is 32.8 Å². The Balaban J connectivity index is 1.80. The maximum atomic E-state index is 12.8. The Kier molecular flexibility index (Phi) is 3.98. The van der Waals surface area contributed by atoms with Crippen LogP contribution in [0.1, 0.15) is 35.4 Å². The Hall–Kier alpha value is -1.07. The minimum Gasteiger partial charge on any atom is -0.495 e. The van der Waals surface area contributed by atoms with Crippen LogP contribution in [0, 0.1) is 0 Å². The zero-order valence-corrected chi connectivity index (χ0v) is 13.0. The predicted molar refractivity (Wildman–Crippen MR) is 80.6 cm³/mol. The van der Waals surface area contributed by atoms with Gasteiger partial charge in [0.15, 0.2) is 0 Å². The number of carbonyl (C=O) groups excluding carboxylic acids is 1. The first-order chi connectivity index (χ1) is 9.72. The first-order valence-corrected chi connectivity index (χ1v) is 8.23. The van der Waals surface area contributed by atoms with Crippen LogP contribution in [0.15, 0.2) is 11.4 Å². The van der Waals surface area contributed by atoms with Gasteiger partial charge in [0.25, 0.3) is 5.91 Å². The van der Waals surface area contributed by atoms with Crippen molar-refractivity contribution in [1.29, 1.82) is 0 Å². The molecule has 2 atom stereocenters. The maximum Gasteiger partial charge on any atom is 0.268 e. The summed E-state index contributed by atoms with van der Waals surface area (Å²) < 4.78 is 5.30. The van der Waals surface area contributed by atoms with E-state index in [4.69, 9.17) is 4.74 Å². The predicted octanol–water partition coefficient (Wildman–Crippen LogP) is 2.46. The van der Waals surface area contributed by atoms with Crippen LogP contribution in [0.3, 0.4) is 0 Å². The molecule has 2 fully saturated rings. The van der Waals surface area contributed by atoms with Gasteiger partial charge in [-0.2, -0.15) is 0 Å². The molecule has 20 heavy (non-hydrogen) atoms. The second-order valence-corrected chi connectivity index (χ2v) is 6.63. The average molecular weight is 294 g/mol. The summed E-state index contributed by atoms with van der Waals surface area (Å²) >= 11 is 1.48. The van der Waals surface area contributed by atoms with Crippen LogP contribution in [0.25, 0.3) is 0 Å². The van der Waals surface area contributed by atoms with Crippen LogP contribution in [0.5, 0.6) is 5.75 Å². The number of amides is 1. The first-order valence-electron chi connectivity index (χ1n) is 7.35. The SMILES string of the molecule is COc1ccsc1C(=O)N1CCC[C@H]1[C@@H]1CCCN1C. The zero-order valence-electron chi connectivity index (χ0n) is 12.2. The van der Waals surface area contributed by atoms with E-state index in [0.717, 1.165) is 30.8 Å². The molecule has 2 aliphatic heterocycles. The molecule has 110 valence electrons. The summed E-state index contributed by atoms with van der Waals surface area (Å²) in [5, 5.41) is 1.93. The van der Waals surface area contributed by atoms with Gasteiger partial charge in [0.1, 0.15) is 10.6 Å². The van der Waals surface area contributed by atoms with E-state index in [2.05, 4.69) is 16.8 Å². The van der Waals surface area contributed by atoms with Gasteiger partial charge in [0.2, 0.25) is 0 Å². The number of hydrogen-bond donors (Lipinski definition) is 0. The Morgan fingerprint density at radius 2 is 2.05 bits per heavy atom. The lowest BCUT2D eigenvalue weighted by Crippen LogP contribution is -2.47. The van der Waals surface area contributed by atoms with Gasteiger partial charge in [-0.15, -0.1) is 11.3 Å². The van der Waals surface area contributed by atoms with Crippen molar-refractivity contribution in [3.05, 3.63) is 16.3 Å². The lowest BCUT2D eigenvalue weighted by atomic mass is 10.0. The van der Waals surface area contributed by atoms with Gasteiger partial charge in [0.05, 0.1) is 7.11 Å². The molecule has 1 aromatic rings. The zero-order chi connectivity index (χ0) is 14.1. The standard InChI is InChI=1S/C15H22N2O2S/c1-16-8-3-5-11(16)12-6-4-9-17(12)15(18)14-13(19-2)7-10-20-14/h7,10-12H,3-6,8-9H2,1-2H3/t11-,12-/m0/s1. The van der Waals surface area contributed by atoms with Gasteiger partial charge in [-0.3, -0.25) is 4.79 Å². The van der Waals surface area contributed by atoms with E-state index in [1.165, 1.54) is 24.2 Å². The molecule has 0 saturated carbocycles. The van der Waals surface area contributed by atoms with Crippen molar-refractivity contribution in [2.24, 2.45) is 0 Å². The highest BCUT2D eigenvalue weighted by molar-refractivity contribution is 7.12. The number of likely N-dealkylation sites (N-methyl/N-ethyl adjacent to an activating group) is 1. The summed E-state index contributed by atoms with van der Waals surface area (Å²) in [6, 6.07) is 2.79. The summed E-state index contributed by atoms with van der Waals surface area (Å²) in [6.07, 6.45) is 4.72. The fourth-order valence-corrected chi connectivity index (χ4v) is 4.42. The molecule has 3 rings (SSSR count). The molecule has 1 amide bonds. The number of carbonyl (C=O) groups is 1. The molecule has 0 N–H and O–H groups in total. The molecule has 0 spiro atoms. The highest BCUT2D eigenvalue weighted by Gasteiger charge is 2.39. The molecule has 4 nitrogen and oxygen atoms in total. The van der Waals surface area contributed by atoms with Crippen LogP contribution in [0.2, 0.25) is 0 Å². The van der Waals surface area contributed by atoms with E-state index in [1.807, 2.05) is 11.4 Å². The van der Waals surface area contributed by atoms with Crippen molar-refractivity contribution in [2.75, 3.05) is 27.2 Å². The number of likely N-dealkylation sites (tertiary alicyclic amines) is 2. The summed E-state index contributed by atoms with van der Waals surface area (Å²) in [4.78, 5) is 18.1. The van der Waals surface area contributed by atoms with Crippen molar-refractivity contribution < 1.29 is 9.53 Å². The lowest BCUT2D eigenvalue weighted by molar-refractivity contribution is 0.0666. The van der Waals surface area contributed by atoms with Crippen molar-refractivity contribution in [3.63, 3.8) is 0 Å². The lowest BCUT2D eigenvalue weighted by Gasteiger charge is -2.33. The highest BCUT2D eigenvalue weighted by Crippen LogP contribution is 2.33.